The monoisotopic (exact) mass is 375 g/mol. The number of esters is 2. The van der Waals surface area contributed by atoms with Crippen molar-refractivity contribution in [1.29, 1.82) is 0 Å². The van der Waals surface area contributed by atoms with Crippen LogP contribution < -0.4 is 5.32 Å². The molecule has 1 aromatic rings. The van der Waals surface area contributed by atoms with Gasteiger partial charge in [-0.15, -0.1) is 0 Å². The molecule has 0 saturated carbocycles. The molecule has 0 aliphatic rings. The van der Waals surface area contributed by atoms with Crippen molar-refractivity contribution in [3.63, 3.8) is 0 Å². The molecule has 0 radical (unpaired) electrons. The van der Waals surface area contributed by atoms with E-state index in [1.807, 2.05) is 6.92 Å². The molecule has 1 N–H and O–H groups in total. The number of nitrogens with one attached hydrogen (secondary N) is 1. The molecule has 1 amide bonds. The molecule has 8 heteroatoms. The zero-order valence-electron chi connectivity index (χ0n) is 13.6. The third-order valence-electron chi connectivity index (χ3n) is 3.47. The van der Waals surface area contributed by atoms with Gasteiger partial charge >= 0.3 is 11.9 Å². The van der Waals surface area contributed by atoms with Crippen LogP contribution in [0.5, 0.6) is 0 Å². The Labute approximate surface area is 150 Å². The van der Waals surface area contributed by atoms with E-state index in [1.54, 1.807) is 6.92 Å². The second-order valence-electron chi connectivity index (χ2n) is 5.15. The first-order chi connectivity index (χ1) is 11.3. The summed E-state index contributed by atoms with van der Waals surface area (Å²) in [5.74, 6) is -2.04. The van der Waals surface area contributed by atoms with Crippen molar-refractivity contribution < 1.29 is 23.9 Å². The van der Waals surface area contributed by atoms with Crippen molar-refractivity contribution in [2.45, 2.75) is 26.3 Å². The first kappa shape index (κ1) is 20.3. The standard InChI is InChI=1S/C16H19Cl2NO5/c1-4-9(2)14(16(22)23-3)19-13(20)8-24-15(21)11-6-5-10(17)7-12(11)18/h5-7,9,14H,4,8H2,1-3H3,(H,19,20)/t9-,14-/m1/s1. The SMILES string of the molecule is CC[C@@H](C)[C@@H](NC(=O)COC(=O)c1ccc(Cl)cc1Cl)C(=O)OC. The molecule has 1 rings (SSSR count). The lowest BCUT2D eigenvalue weighted by Crippen LogP contribution is -2.47. The van der Waals surface area contributed by atoms with Crippen LogP contribution in [0.3, 0.4) is 0 Å². The van der Waals surface area contributed by atoms with E-state index < -0.39 is 30.5 Å². The molecule has 0 saturated heterocycles. The quantitative estimate of drug-likeness (QED) is 0.740. The molecule has 0 aromatic heterocycles. The van der Waals surface area contributed by atoms with E-state index in [9.17, 15) is 14.4 Å². The molecule has 6 nitrogen and oxygen atoms in total. The van der Waals surface area contributed by atoms with Gasteiger partial charge in [0, 0.05) is 5.02 Å². The Morgan fingerprint density at radius 3 is 2.46 bits per heavy atom. The highest BCUT2D eigenvalue weighted by molar-refractivity contribution is 6.36. The average molecular weight is 376 g/mol. The van der Waals surface area contributed by atoms with Gasteiger partial charge in [-0.3, -0.25) is 4.79 Å². The summed E-state index contributed by atoms with van der Waals surface area (Å²) in [6.45, 7) is 3.15. The third-order valence-corrected chi connectivity index (χ3v) is 4.02. The Bertz CT molecular complexity index is 620. The number of carbonyl (C=O) groups is 3. The number of hydrogen-bond donors (Lipinski definition) is 1. The Morgan fingerprint density at radius 2 is 1.92 bits per heavy atom. The van der Waals surface area contributed by atoms with Gasteiger partial charge in [0.05, 0.1) is 17.7 Å². The van der Waals surface area contributed by atoms with Crippen LogP contribution in [0.1, 0.15) is 30.6 Å². The second kappa shape index (κ2) is 9.49. The van der Waals surface area contributed by atoms with E-state index in [-0.39, 0.29) is 16.5 Å². The lowest BCUT2D eigenvalue weighted by molar-refractivity contribution is -0.147. The van der Waals surface area contributed by atoms with Crippen molar-refractivity contribution in [1.82, 2.24) is 5.32 Å². The van der Waals surface area contributed by atoms with Gasteiger partial charge < -0.3 is 14.8 Å². The predicted octanol–water partition coefficient (Wildman–Crippen LogP) is 2.85. The lowest BCUT2D eigenvalue weighted by atomic mass is 9.99. The first-order valence-corrected chi connectivity index (χ1v) is 8.05. The summed E-state index contributed by atoms with van der Waals surface area (Å²) >= 11 is 11.6. The topological polar surface area (TPSA) is 81.7 Å². The van der Waals surface area contributed by atoms with E-state index in [1.165, 1.54) is 25.3 Å². The molecular formula is C16H19Cl2NO5. The van der Waals surface area contributed by atoms with E-state index in [4.69, 9.17) is 27.9 Å². The zero-order valence-corrected chi connectivity index (χ0v) is 15.1. The van der Waals surface area contributed by atoms with E-state index >= 15 is 0 Å². The maximum Gasteiger partial charge on any atom is 0.340 e. The van der Waals surface area contributed by atoms with Crippen molar-refractivity contribution in [3.05, 3.63) is 33.8 Å². The number of benzene rings is 1. The number of rotatable bonds is 7. The molecule has 0 aliphatic heterocycles. The van der Waals surface area contributed by atoms with E-state index in [0.717, 1.165) is 0 Å². The van der Waals surface area contributed by atoms with Crippen LogP contribution in [-0.2, 0) is 19.1 Å². The van der Waals surface area contributed by atoms with Crippen molar-refractivity contribution in [3.8, 4) is 0 Å². The highest BCUT2D eigenvalue weighted by Crippen LogP contribution is 2.21. The van der Waals surface area contributed by atoms with Crippen LogP contribution in [0, 0.1) is 5.92 Å². The number of amides is 1. The van der Waals surface area contributed by atoms with Crippen LogP contribution >= 0.6 is 23.2 Å². The fraction of sp³-hybridized carbons (Fsp3) is 0.438. The largest absolute Gasteiger partial charge is 0.467 e. The number of hydrogen-bond acceptors (Lipinski definition) is 5. The molecule has 0 heterocycles. The van der Waals surface area contributed by atoms with Crippen LogP contribution in [0.2, 0.25) is 10.0 Å². The average Bonchev–Trinajstić information content (AvgIpc) is 2.56. The molecule has 2 atom stereocenters. The Morgan fingerprint density at radius 1 is 1.25 bits per heavy atom. The van der Waals surface area contributed by atoms with Gasteiger partial charge in [-0.1, -0.05) is 43.5 Å². The number of ether oxygens (including phenoxy) is 2. The summed E-state index contributed by atoms with van der Waals surface area (Å²) in [4.78, 5) is 35.6. The highest BCUT2D eigenvalue weighted by atomic mass is 35.5. The van der Waals surface area contributed by atoms with E-state index in [2.05, 4.69) is 10.1 Å². The minimum absolute atomic E-state index is 0.0975. The predicted molar refractivity (Wildman–Crippen MR) is 90.1 cm³/mol. The summed E-state index contributed by atoms with van der Waals surface area (Å²) in [5, 5.41) is 3.01. The van der Waals surface area contributed by atoms with Crippen molar-refractivity contribution >= 4 is 41.0 Å². The third kappa shape index (κ3) is 5.69. The molecule has 0 spiro atoms. The minimum atomic E-state index is -0.801. The molecule has 0 aliphatic carbocycles. The number of carbonyl (C=O) groups excluding carboxylic acids is 3. The molecule has 24 heavy (non-hydrogen) atoms. The van der Waals surface area contributed by atoms with Crippen molar-refractivity contribution in [2.24, 2.45) is 5.92 Å². The van der Waals surface area contributed by atoms with Gasteiger partial charge in [-0.2, -0.15) is 0 Å². The summed E-state index contributed by atoms with van der Waals surface area (Å²) < 4.78 is 9.57. The van der Waals surface area contributed by atoms with Crippen molar-refractivity contribution in [2.75, 3.05) is 13.7 Å². The molecular weight excluding hydrogens is 357 g/mol. The maximum absolute atomic E-state index is 11.9. The zero-order chi connectivity index (χ0) is 18.3. The molecule has 132 valence electrons. The molecule has 1 aromatic carbocycles. The van der Waals surface area contributed by atoms with Crippen LogP contribution in [0.25, 0.3) is 0 Å². The lowest BCUT2D eigenvalue weighted by Gasteiger charge is -2.21. The van der Waals surface area contributed by atoms with Gasteiger partial charge in [0.1, 0.15) is 6.04 Å². The molecule has 0 bridgehead atoms. The van der Waals surface area contributed by atoms with Crippen LogP contribution in [0.15, 0.2) is 18.2 Å². The van der Waals surface area contributed by atoms with Gasteiger partial charge in [0.25, 0.3) is 5.91 Å². The summed E-state index contributed by atoms with van der Waals surface area (Å²) in [7, 11) is 1.24. The van der Waals surface area contributed by atoms with Crippen LogP contribution in [-0.4, -0.2) is 37.6 Å². The smallest absolute Gasteiger partial charge is 0.340 e. The number of halogens is 2. The summed E-state index contributed by atoms with van der Waals surface area (Å²) in [5.41, 5.74) is 0.0975. The maximum atomic E-state index is 11.9. The fourth-order valence-electron chi connectivity index (χ4n) is 1.88. The summed E-state index contributed by atoms with van der Waals surface area (Å²) in [6, 6.07) is 3.49. The normalized spacial score (nSPS) is 12.9. The van der Waals surface area contributed by atoms with Gasteiger partial charge in [0.2, 0.25) is 0 Å². The fourth-order valence-corrected chi connectivity index (χ4v) is 2.36. The first-order valence-electron chi connectivity index (χ1n) is 7.29. The van der Waals surface area contributed by atoms with Crippen LogP contribution in [0.4, 0.5) is 0 Å². The molecule has 0 fully saturated rings. The minimum Gasteiger partial charge on any atom is -0.467 e. The molecule has 0 unspecified atom stereocenters. The Balaban J connectivity index is 2.64. The van der Waals surface area contributed by atoms with Gasteiger partial charge in [-0.25, -0.2) is 9.59 Å². The second-order valence-corrected chi connectivity index (χ2v) is 6.00. The van der Waals surface area contributed by atoms with Gasteiger partial charge in [-0.05, 0) is 24.1 Å². The summed E-state index contributed by atoms with van der Waals surface area (Å²) in [6.07, 6.45) is 0.667. The highest BCUT2D eigenvalue weighted by Gasteiger charge is 2.27. The Kier molecular flexibility index (Phi) is 8.01. The van der Waals surface area contributed by atoms with E-state index in [0.29, 0.717) is 11.4 Å². The number of methoxy groups -OCH3 is 1. The van der Waals surface area contributed by atoms with Gasteiger partial charge in [0.15, 0.2) is 6.61 Å². The Hall–Kier alpha value is -1.79.